The molecule has 31 heavy (non-hydrogen) atoms. The van der Waals surface area contributed by atoms with Crippen LogP contribution in [0.5, 0.6) is 5.75 Å². The van der Waals surface area contributed by atoms with Gasteiger partial charge in [-0.2, -0.15) is 0 Å². The Morgan fingerprint density at radius 2 is 1.68 bits per heavy atom. The van der Waals surface area contributed by atoms with Crippen LogP contribution < -0.4 is 14.8 Å². The summed E-state index contributed by atoms with van der Waals surface area (Å²) in [4.78, 5) is 12.7. The van der Waals surface area contributed by atoms with E-state index < -0.39 is 10.0 Å². The van der Waals surface area contributed by atoms with Crippen molar-refractivity contribution in [1.82, 2.24) is 5.32 Å². The summed E-state index contributed by atoms with van der Waals surface area (Å²) in [5.41, 5.74) is 1.93. The van der Waals surface area contributed by atoms with Crippen LogP contribution in [0.4, 0.5) is 5.69 Å². The van der Waals surface area contributed by atoms with Crippen molar-refractivity contribution in [2.75, 3.05) is 11.8 Å². The third-order valence-corrected chi connectivity index (χ3v) is 6.23. The Bertz CT molecular complexity index is 1110. The zero-order valence-corrected chi connectivity index (χ0v) is 18.4. The van der Waals surface area contributed by atoms with E-state index in [2.05, 4.69) is 22.2 Å². The number of benzene rings is 3. The van der Waals surface area contributed by atoms with Crippen LogP contribution in [-0.2, 0) is 16.4 Å². The Balaban J connectivity index is 1.62. The van der Waals surface area contributed by atoms with E-state index >= 15 is 0 Å². The van der Waals surface area contributed by atoms with Crippen LogP contribution in [0.15, 0.2) is 83.8 Å². The molecule has 3 aromatic rings. The zero-order chi connectivity index (χ0) is 22.3. The van der Waals surface area contributed by atoms with Gasteiger partial charge in [-0.1, -0.05) is 36.4 Å². The van der Waals surface area contributed by atoms with Crippen molar-refractivity contribution in [2.45, 2.75) is 30.7 Å². The van der Waals surface area contributed by atoms with Crippen molar-refractivity contribution in [3.8, 4) is 5.75 Å². The van der Waals surface area contributed by atoms with Gasteiger partial charge in [-0.15, -0.1) is 0 Å². The minimum absolute atomic E-state index is 0.0210. The SMILES string of the molecule is COc1ccc(S(=O)(=O)Nc2cccc(C(=O)NC(C)CCc3ccccc3)c2)cc1. The molecule has 3 aromatic carbocycles. The Morgan fingerprint density at radius 1 is 0.968 bits per heavy atom. The summed E-state index contributed by atoms with van der Waals surface area (Å²) in [5, 5.41) is 2.97. The minimum atomic E-state index is -3.78. The standard InChI is InChI=1S/C24H26N2O4S/c1-18(11-12-19-7-4-3-5-8-19)25-24(27)20-9-6-10-21(17-20)26-31(28,29)23-15-13-22(30-2)14-16-23/h3-10,13-18,26H,11-12H2,1-2H3,(H,25,27). The molecule has 6 nitrogen and oxygen atoms in total. The second-order valence-electron chi connectivity index (χ2n) is 7.26. The molecule has 0 spiro atoms. The van der Waals surface area contributed by atoms with Crippen LogP contribution in [0.2, 0.25) is 0 Å². The fraction of sp³-hybridized carbons (Fsp3) is 0.208. The lowest BCUT2D eigenvalue weighted by atomic mass is 10.1. The van der Waals surface area contributed by atoms with E-state index in [0.29, 0.717) is 17.0 Å². The highest BCUT2D eigenvalue weighted by atomic mass is 32.2. The molecule has 0 bridgehead atoms. The number of hydrogen-bond donors (Lipinski definition) is 2. The number of hydrogen-bond acceptors (Lipinski definition) is 4. The first-order valence-electron chi connectivity index (χ1n) is 9.99. The lowest BCUT2D eigenvalue weighted by Crippen LogP contribution is -2.32. The topological polar surface area (TPSA) is 84.5 Å². The molecule has 0 heterocycles. The van der Waals surface area contributed by atoms with Crippen molar-refractivity contribution < 1.29 is 17.9 Å². The summed E-state index contributed by atoms with van der Waals surface area (Å²) < 4.78 is 32.8. The normalized spacial score (nSPS) is 12.1. The fourth-order valence-corrected chi connectivity index (χ4v) is 4.15. The Kier molecular flexibility index (Phi) is 7.31. The number of amides is 1. The van der Waals surface area contributed by atoms with Crippen molar-refractivity contribution >= 4 is 21.6 Å². The van der Waals surface area contributed by atoms with E-state index in [-0.39, 0.29) is 16.8 Å². The molecule has 2 N–H and O–H groups in total. The highest BCUT2D eigenvalue weighted by molar-refractivity contribution is 7.92. The van der Waals surface area contributed by atoms with Crippen molar-refractivity contribution in [2.24, 2.45) is 0 Å². The number of anilines is 1. The summed E-state index contributed by atoms with van der Waals surface area (Å²) in [5.74, 6) is 0.324. The molecule has 0 aliphatic carbocycles. The second-order valence-corrected chi connectivity index (χ2v) is 8.94. The molecule has 7 heteroatoms. The van der Waals surface area contributed by atoms with E-state index in [9.17, 15) is 13.2 Å². The molecule has 1 unspecified atom stereocenters. The van der Waals surface area contributed by atoms with Gasteiger partial charge in [-0.05, 0) is 67.8 Å². The van der Waals surface area contributed by atoms with Crippen molar-refractivity contribution in [3.63, 3.8) is 0 Å². The molecule has 0 aromatic heterocycles. The quantitative estimate of drug-likeness (QED) is 0.523. The summed E-state index contributed by atoms with van der Waals surface area (Å²) in [6.45, 7) is 1.96. The molecule has 0 fully saturated rings. The van der Waals surface area contributed by atoms with Gasteiger partial charge in [-0.25, -0.2) is 8.42 Å². The van der Waals surface area contributed by atoms with Gasteiger partial charge in [0, 0.05) is 17.3 Å². The molecule has 162 valence electrons. The number of sulfonamides is 1. The molecule has 1 atom stereocenters. The van der Waals surface area contributed by atoms with Crippen LogP contribution in [-0.4, -0.2) is 27.5 Å². The fourth-order valence-electron chi connectivity index (χ4n) is 3.10. The average molecular weight is 439 g/mol. The number of aryl methyl sites for hydroxylation is 1. The zero-order valence-electron chi connectivity index (χ0n) is 17.5. The number of rotatable bonds is 9. The number of carbonyl (C=O) groups excluding carboxylic acids is 1. The molecule has 3 rings (SSSR count). The predicted molar refractivity (Wildman–Crippen MR) is 122 cm³/mol. The maximum atomic E-state index is 12.6. The first-order chi connectivity index (χ1) is 14.9. The molecule has 0 radical (unpaired) electrons. The molecule has 0 saturated carbocycles. The number of carbonyl (C=O) groups is 1. The van der Waals surface area contributed by atoms with Gasteiger partial charge in [-0.3, -0.25) is 9.52 Å². The molecular weight excluding hydrogens is 412 g/mol. The molecule has 0 aliphatic rings. The van der Waals surface area contributed by atoms with Crippen LogP contribution >= 0.6 is 0 Å². The molecule has 0 aliphatic heterocycles. The van der Waals surface area contributed by atoms with Crippen molar-refractivity contribution in [1.29, 1.82) is 0 Å². The summed E-state index contributed by atoms with van der Waals surface area (Å²) in [6.07, 6.45) is 1.67. The van der Waals surface area contributed by atoms with Gasteiger partial charge < -0.3 is 10.1 Å². The summed E-state index contributed by atoms with van der Waals surface area (Å²) >= 11 is 0. The van der Waals surface area contributed by atoms with E-state index in [4.69, 9.17) is 4.74 Å². The maximum absolute atomic E-state index is 12.6. The van der Waals surface area contributed by atoms with Gasteiger partial charge in [0.2, 0.25) is 0 Å². The van der Waals surface area contributed by atoms with E-state index in [1.807, 2.05) is 25.1 Å². The first kappa shape index (κ1) is 22.4. The van der Waals surface area contributed by atoms with Crippen LogP contribution in [0.25, 0.3) is 0 Å². The number of methoxy groups -OCH3 is 1. The number of nitrogens with one attached hydrogen (secondary N) is 2. The van der Waals surface area contributed by atoms with E-state index in [0.717, 1.165) is 12.8 Å². The maximum Gasteiger partial charge on any atom is 0.261 e. The largest absolute Gasteiger partial charge is 0.497 e. The summed E-state index contributed by atoms with van der Waals surface area (Å²) in [7, 11) is -2.27. The minimum Gasteiger partial charge on any atom is -0.497 e. The average Bonchev–Trinajstić information content (AvgIpc) is 2.78. The smallest absolute Gasteiger partial charge is 0.261 e. The van der Waals surface area contributed by atoms with Gasteiger partial charge in [0.15, 0.2) is 0 Å². The highest BCUT2D eigenvalue weighted by Gasteiger charge is 2.16. The third-order valence-electron chi connectivity index (χ3n) is 4.83. The number of ether oxygens (including phenoxy) is 1. The van der Waals surface area contributed by atoms with E-state index in [1.165, 1.54) is 30.9 Å². The van der Waals surface area contributed by atoms with Crippen LogP contribution in [0, 0.1) is 0 Å². The highest BCUT2D eigenvalue weighted by Crippen LogP contribution is 2.20. The Morgan fingerprint density at radius 3 is 2.35 bits per heavy atom. The van der Waals surface area contributed by atoms with Gasteiger partial charge in [0.25, 0.3) is 15.9 Å². The second kappa shape index (κ2) is 10.1. The lowest BCUT2D eigenvalue weighted by molar-refractivity contribution is 0.0938. The Labute approximate surface area is 183 Å². The monoisotopic (exact) mass is 438 g/mol. The van der Waals surface area contributed by atoms with Crippen LogP contribution in [0.3, 0.4) is 0 Å². The predicted octanol–water partition coefficient (Wildman–Crippen LogP) is 4.25. The lowest BCUT2D eigenvalue weighted by Gasteiger charge is -2.15. The first-order valence-corrected chi connectivity index (χ1v) is 11.5. The van der Waals surface area contributed by atoms with Crippen LogP contribution in [0.1, 0.15) is 29.3 Å². The van der Waals surface area contributed by atoms with Gasteiger partial charge >= 0.3 is 0 Å². The molecule has 0 saturated heterocycles. The summed E-state index contributed by atoms with van der Waals surface area (Å²) in [6, 6.07) is 22.6. The Hall–Kier alpha value is -3.32. The third kappa shape index (κ3) is 6.33. The van der Waals surface area contributed by atoms with Gasteiger partial charge in [0.1, 0.15) is 5.75 Å². The molecular formula is C24H26N2O4S. The van der Waals surface area contributed by atoms with E-state index in [1.54, 1.807) is 30.3 Å². The molecule has 1 amide bonds. The van der Waals surface area contributed by atoms with Gasteiger partial charge in [0.05, 0.1) is 12.0 Å². The van der Waals surface area contributed by atoms with Crippen molar-refractivity contribution in [3.05, 3.63) is 90.0 Å².